The van der Waals surface area contributed by atoms with Crippen LogP contribution < -0.4 is 5.32 Å². The first-order valence-corrected chi connectivity index (χ1v) is 8.47. The van der Waals surface area contributed by atoms with Crippen molar-refractivity contribution in [3.8, 4) is 6.07 Å². The van der Waals surface area contributed by atoms with Gasteiger partial charge in [-0.3, -0.25) is 0 Å². The topological polar surface area (TPSA) is 49.0 Å². The summed E-state index contributed by atoms with van der Waals surface area (Å²) in [7, 11) is 0. The normalized spacial score (nSPS) is 12.1. The number of nitrogens with zero attached hydrogens (tertiary/aromatic N) is 1. The molecule has 1 heterocycles. The average molecular weight is 339 g/mol. The molecular weight excluding hydrogens is 320 g/mol. The predicted molar refractivity (Wildman–Crippen MR) is 98.4 cm³/mol. The molecule has 4 heteroatoms. The Morgan fingerprint density at radius 2 is 2.04 bits per heavy atom. The van der Waals surface area contributed by atoms with E-state index < -0.39 is 0 Å². The fraction of sp³-hybridized carbons (Fsp3) is 0.250. The first-order valence-electron chi connectivity index (χ1n) is 8.09. The van der Waals surface area contributed by atoms with Crippen molar-refractivity contribution in [1.82, 2.24) is 0 Å². The van der Waals surface area contributed by atoms with E-state index in [1.54, 1.807) is 6.07 Å². The lowest BCUT2D eigenvalue weighted by atomic mass is 10.1. The summed E-state index contributed by atoms with van der Waals surface area (Å²) >= 11 is 6.35. The molecule has 2 aromatic carbocycles. The van der Waals surface area contributed by atoms with Crippen LogP contribution in [0.4, 0.5) is 5.69 Å². The smallest absolute Gasteiger partial charge is 0.204 e. The van der Waals surface area contributed by atoms with Gasteiger partial charge in [-0.1, -0.05) is 37.1 Å². The number of fused-ring (bicyclic) bond motifs is 1. The van der Waals surface area contributed by atoms with E-state index in [0.717, 1.165) is 40.1 Å². The molecule has 3 nitrogen and oxygen atoms in total. The molecule has 24 heavy (non-hydrogen) atoms. The molecule has 122 valence electrons. The van der Waals surface area contributed by atoms with E-state index in [-0.39, 0.29) is 6.04 Å². The largest absolute Gasteiger partial charge is 0.446 e. The number of halogens is 1. The summed E-state index contributed by atoms with van der Waals surface area (Å²) in [6, 6.07) is 16.0. The number of hydrogen-bond donors (Lipinski definition) is 1. The number of benzene rings is 2. The lowest BCUT2D eigenvalue weighted by Gasteiger charge is -2.17. The maximum absolute atomic E-state index is 8.93. The van der Waals surface area contributed by atoms with Crippen molar-refractivity contribution in [2.45, 2.75) is 32.7 Å². The van der Waals surface area contributed by atoms with Crippen LogP contribution in [-0.2, 0) is 6.42 Å². The Morgan fingerprint density at radius 1 is 1.21 bits per heavy atom. The van der Waals surface area contributed by atoms with Gasteiger partial charge in [-0.25, -0.2) is 0 Å². The first-order chi connectivity index (χ1) is 11.6. The molecule has 0 radical (unpaired) electrons. The number of anilines is 1. The summed E-state index contributed by atoms with van der Waals surface area (Å²) in [4.78, 5) is 0. The summed E-state index contributed by atoms with van der Waals surface area (Å²) in [5, 5.41) is 14.1. The van der Waals surface area contributed by atoms with E-state index in [1.807, 2.05) is 30.3 Å². The minimum absolute atomic E-state index is 0.114. The van der Waals surface area contributed by atoms with E-state index in [2.05, 4.69) is 31.3 Å². The molecule has 0 fully saturated rings. The number of rotatable bonds is 5. The van der Waals surface area contributed by atoms with Crippen molar-refractivity contribution in [3.63, 3.8) is 0 Å². The molecule has 3 rings (SSSR count). The Morgan fingerprint density at radius 3 is 2.75 bits per heavy atom. The zero-order valence-corrected chi connectivity index (χ0v) is 14.5. The van der Waals surface area contributed by atoms with Gasteiger partial charge in [-0.2, -0.15) is 5.26 Å². The van der Waals surface area contributed by atoms with E-state index in [9.17, 15) is 0 Å². The molecule has 1 atom stereocenters. The van der Waals surface area contributed by atoms with Gasteiger partial charge in [-0.05, 0) is 48.7 Å². The van der Waals surface area contributed by atoms with Crippen LogP contribution in [0.15, 0.2) is 46.9 Å². The molecule has 3 aromatic rings. The van der Waals surface area contributed by atoms with E-state index >= 15 is 0 Å². The minimum atomic E-state index is 0.114. The Kier molecular flexibility index (Phi) is 4.78. The molecule has 0 saturated carbocycles. The van der Waals surface area contributed by atoms with Crippen LogP contribution in [-0.4, -0.2) is 0 Å². The van der Waals surface area contributed by atoms with Crippen LogP contribution >= 0.6 is 11.6 Å². The second-order valence-corrected chi connectivity index (χ2v) is 6.35. The molecule has 0 bridgehead atoms. The van der Waals surface area contributed by atoms with Gasteiger partial charge < -0.3 is 9.73 Å². The maximum atomic E-state index is 8.93. The maximum Gasteiger partial charge on any atom is 0.204 e. The SMILES string of the molecule is CCCc1ccc(NC(C)c2ccc3oc(C#N)cc3c2)cc1Cl. The molecule has 1 aromatic heterocycles. The van der Waals surface area contributed by atoms with Crippen molar-refractivity contribution >= 4 is 28.3 Å². The third-order valence-electron chi connectivity index (χ3n) is 4.11. The molecule has 0 amide bonds. The Bertz CT molecular complexity index is 908. The van der Waals surface area contributed by atoms with Gasteiger partial charge >= 0.3 is 0 Å². The molecule has 0 aliphatic heterocycles. The first kappa shape index (κ1) is 16.4. The Balaban J connectivity index is 1.80. The summed E-state index contributed by atoms with van der Waals surface area (Å²) in [6.07, 6.45) is 2.07. The van der Waals surface area contributed by atoms with Crippen molar-refractivity contribution < 1.29 is 4.42 Å². The van der Waals surface area contributed by atoms with Crippen LogP contribution in [0.5, 0.6) is 0 Å². The third kappa shape index (κ3) is 3.39. The molecule has 1 N–H and O–H groups in total. The second-order valence-electron chi connectivity index (χ2n) is 5.94. The molecule has 0 aliphatic rings. The second kappa shape index (κ2) is 6.98. The van der Waals surface area contributed by atoms with E-state index in [1.165, 1.54) is 5.56 Å². The number of nitrogens with one attached hydrogen (secondary N) is 1. The molecular formula is C20H19ClN2O. The zero-order chi connectivity index (χ0) is 17.1. The Labute approximate surface area is 146 Å². The summed E-state index contributed by atoms with van der Waals surface area (Å²) < 4.78 is 5.42. The number of nitriles is 1. The van der Waals surface area contributed by atoms with Gasteiger partial charge in [0.25, 0.3) is 0 Å². The monoisotopic (exact) mass is 338 g/mol. The van der Waals surface area contributed by atoms with Crippen LogP contribution in [0, 0.1) is 11.3 Å². The zero-order valence-electron chi connectivity index (χ0n) is 13.8. The van der Waals surface area contributed by atoms with Gasteiger partial charge in [0.05, 0.1) is 0 Å². The third-order valence-corrected chi connectivity index (χ3v) is 4.46. The fourth-order valence-corrected chi connectivity index (χ4v) is 3.10. The average Bonchev–Trinajstić information content (AvgIpc) is 2.99. The summed E-state index contributed by atoms with van der Waals surface area (Å²) in [6.45, 7) is 4.24. The minimum Gasteiger partial charge on any atom is -0.446 e. The van der Waals surface area contributed by atoms with Gasteiger partial charge in [0.2, 0.25) is 5.76 Å². The van der Waals surface area contributed by atoms with Gasteiger partial charge in [-0.15, -0.1) is 0 Å². The van der Waals surface area contributed by atoms with E-state index in [4.69, 9.17) is 21.3 Å². The highest BCUT2D eigenvalue weighted by molar-refractivity contribution is 6.31. The highest BCUT2D eigenvalue weighted by Gasteiger charge is 2.10. The quantitative estimate of drug-likeness (QED) is 0.613. The van der Waals surface area contributed by atoms with Gasteiger partial charge in [0.15, 0.2) is 0 Å². The number of furan rings is 1. The van der Waals surface area contributed by atoms with Gasteiger partial charge in [0.1, 0.15) is 11.7 Å². The lowest BCUT2D eigenvalue weighted by Crippen LogP contribution is -2.06. The molecule has 0 aliphatic carbocycles. The molecule has 1 unspecified atom stereocenters. The fourth-order valence-electron chi connectivity index (χ4n) is 2.83. The Hall–Kier alpha value is -2.44. The van der Waals surface area contributed by atoms with Gasteiger partial charge in [0, 0.05) is 28.2 Å². The van der Waals surface area contributed by atoms with Crippen molar-refractivity contribution in [2.75, 3.05) is 5.32 Å². The van der Waals surface area contributed by atoms with Crippen molar-refractivity contribution in [3.05, 3.63) is 64.4 Å². The number of aryl methyl sites for hydroxylation is 1. The summed E-state index contributed by atoms with van der Waals surface area (Å²) in [5.41, 5.74) is 4.04. The highest BCUT2D eigenvalue weighted by atomic mass is 35.5. The van der Waals surface area contributed by atoms with Crippen LogP contribution in [0.2, 0.25) is 5.02 Å². The number of hydrogen-bond acceptors (Lipinski definition) is 3. The van der Waals surface area contributed by atoms with Crippen LogP contribution in [0.1, 0.15) is 43.2 Å². The van der Waals surface area contributed by atoms with E-state index in [0.29, 0.717) is 5.76 Å². The molecule has 0 spiro atoms. The molecule has 0 saturated heterocycles. The van der Waals surface area contributed by atoms with Crippen molar-refractivity contribution in [1.29, 1.82) is 5.26 Å². The van der Waals surface area contributed by atoms with Crippen LogP contribution in [0.3, 0.4) is 0 Å². The standard InChI is InChI=1S/C20H19ClN2O/c1-3-4-14-5-7-17(11-19(14)21)23-13(2)15-6-8-20-16(9-15)10-18(12-22)24-20/h5-11,13,23H,3-4H2,1-2H3. The predicted octanol–water partition coefficient (Wildman–Crippen LogP) is 6.08. The lowest BCUT2D eigenvalue weighted by molar-refractivity contribution is 0.599. The van der Waals surface area contributed by atoms with Crippen molar-refractivity contribution in [2.24, 2.45) is 0 Å². The van der Waals surface area contributed by atoms with Crippen LogP contribution in [0.25, 0.3) is 11.0 Å². The highest BCUT2D eigenvalue weighted by Crippen LogP contribution is 2.28. The summed E-state index contributed by atoms with van der Waals surface area (Å²) in [5.74, 6) is 0.334.